The van der Waals surface area contributed by atoms with Crippen molar-refractivity contribution in [3.63, 3.8) is 0 Å². The zero-order valence-corrected chi connectivity index (χ0v) is 11.5. The van der Waals surface area contributed by atoms with Crippen molar-refractivity contribution in [2.24, 2.45) is 0 Å². The van der Waals surface area contributed by atoms with Crippen molar-refractivity contribution in [2.45, 2.75) is 38.8 Å². The first-order valence-electron chi connectivity index (χ1n) is 5.44. The molecule has 0 aliphatic carbocycles. The monoisotopic (exact) mass is 284 g/mol. The summed E-state index contributed by atoms with van der Waals surface area (Å²) in [6, 6.07) is 0. The largest absolute Gasteiger partial charge is 0.446 e. The quantitative estimate of drug-likeness (QED) is 0.479. The number of hydrogen-bond acceptors (Lipinski definition) is 6. The van der Waals surface area contributed by atoms with E-state index in [0.717, 1.165) is 0 Å². The molecule has 0 rings (SSSR count). The van der Waals surface area contributed by atoms with E-state index in [1.54, 1.807) is 25.5 Å². The van der Waals surface area contributed by atoms with Gasteiger partial charge in [-0.15, -0.1) is 0 Å². The highest BCUT2D eigenvalue weighted by molar-refractivity contribution is 7.88. The number of amides is 1. The van der Waals surface area contributed by atoms with Gasteiger partial charge in [-0.1, -0.05) is 6.92 Å². The lowest BCUT2D eigenvalue weighted by Crippen LogP contribution is -2.57. The third-order valence-corrected chi connectivity index (χ3v) is 3.33. The van der Waals surface area contributed by atoms with Gasteiger partial charge in [0.15, 0.2) is 0 Å². The fourth-order valence-electron chi connectivity index (χ4n) is 1.07. The summed E-state index contributed by atoms with van der Waals surface area (Å²) in [5.74, 6) is 0. The average molecular weight is 284 g/mol. The molecule has 4 N–H and O–H groups in total. The average Bonchev–Trinajstić information content (AvgIpc) is 2.24. The highest BCUT2D eigenvalue weighted by atomic mass is 32.2. The summed E-state index contributed by atoms with van der Waals surface area (Å²) in [4.78, 5) is 11.1. The second-order valence-corrected chi connectivity index (χ2v) is 5.53. The molecule has 8 nitrogen and oxygen atoms in total. The number of nitrogens with one attached hydrogen (secondary N) is 2. The first-order chi connectivity index (χ1) is 8.20. The van der Waals surface area contributed by atoms with Crippen LogP contribution in [-0.2, 0) is 14.9 Å². The Morgan fingerprint density at radius 3 is 2.17 bits per heavy atom. The van der Waals surface area contributed by atoms with Crippen LogP contribution in [0.5, 0.6) is 0 Å². The number of rotatable bonds is 7. The topological polar surface area (TPSA) is 125 Å². The zero-order valence-electron chi connectivity index (χ0n) is 10.6. The van der Waals surface area contributed by atoms with Gasteiger partial charge in [0.25, 0.3) is 0 Å². The Bertz CT molecular complexity index is 355. The standard InChI is InChI=1S/C9H20N2O6S/c1-4-9(5-12,6-13)11-18(15,16)10-8(14)17-7(2)3/h7,11-13H,4-6H2,1-3H3,(H,10,14). The number of aliphatic hydroxyl groups excluding tert-OH is 2. The molecule has 0 saturated carbocycles. The maximum absolute atomic E-state index is 11.6. The van der Waals surface area contributed by atoms with Crippen LogP contribution >= 0.6 is 0 Å². The van der Waals surface area contributed by atoms with Crippen molar-refractivity contribution in [3.05, 3.63) is 0 Å². The Morgan fingerprint density at radius 2 is 1.83 bits per heavy atom. The van der Waals surface area contributed by atoms with E-state index in [4.69, 9.17) is 10.2 Å². The maximum Gasteiger partial charge on any atom is 0.422 e. The van der Waals surface area contributed by atoms with Gasteiger partial charge in [-0.2, -0.15) is 13.1 Å². The van der Waals surface area contributed by atoms with Gasteiger partial charge >= 0.3 is 16.3 Å². The molecule has 0 aromatic heterocycles. The summed E-state index contributed by atoms with van der Waals surface area (Å²) in [7, 11) is -4.21. The number of carbonyl (C=O) groups excluding carboxylic acids is 1. The van der Waals surface area contributed by atoms with Gasteiger partial charge in [0, 0.05) is 0 Å². The van der Waals surface area contributed by atoms with E-state index in [2.05, 4.69) is 4.74 Å². The molecule has 0 unspecified atom stereocenters. The third-order valence-electron chi connectivity index (χ3n) is 2.19. The molecule has 0 fully saturated rings. The molecule has 0 bridgehead atoms. The number of hydrogen-bond donors (Lipinski definition) is 4. The highest BCUT2D eigenvalue weighted by Gasteiger charge is 2.32. The lowest BCUT2D eigenvalue weighted by molar-refractivity contribution is 0.104. The molecule has 108 valence electrons. The molecule has 0 radical (unpaired) electrons. The van der Waals surface area contributed by atoms with Crippen LogP contribution in [0.15, 0.2) is 0 Å². The SMILES string of the molecule is CCC(CO)(CO)NS(=O)(=O)NC(=O)OC(C)C. The van der Waals surface area contributed by atoms with Crippen molar-refractivity contribution >= 4 is 16.3 Å². The van der Waals surface area contributed by atoms with E-state index in [9.17, 15) is 13.2 Å². The molecule has 0 heterocycles. The van der Waals surface area contributed by atoms with E-state index in [-0.39, 0.29) is 6.42 Å². The van der Waals surface area contributed by atoms with Gasteiger partial charge in [-0.3, -0.25) is 0 Å². The predicted molar refractivity (Wildman–Crippen MR) is 64.0 cm³/mol. The van der Waals surface area contributed by atoms with Crippen molar-refractivity contribution in [1.29, 1.82) is 0 Å². The van der Waals surface area contributed by atoms with Crippen LogP contribution in [0, 0.1) is 0 Å². The summed E-state index contributed by atoms with van der Waals surface area (Å²) in [5.41, 5.74) is -1.41. The fraction of sp³-hybridized carbons (Fsp3) is 0.889. The summed E-state index contributed by atoms with van der Waals surface area (Å²) in [6.07, 6.45) is -1.44. The lowest BCUT2D eigenvalue weighted by Gasteiger charge is -2.28. The summed E-state index contributed by atoms with van der Waals surface area (Å²) in [5, 5.41) is 18.2. The molecular formula is C9H20N2O6S. The molecule has 0 atom stereocenters. The molecule has 0 aliphatic rings. The van der Waals surface area contributed by atoms with Crippen LogP contribution in [0.1, 0.15) is 27.2 Å². The number of ether oxygens (including phenoxy) is 1. The smallest absolute Gasteiger partial charge is 0.422 e. The Balaban J connectivity index is 4.70. The Hall–Kier alpha value is -0.900. The number of carbonyl (C=O) groups is 1. The van der Waals surface area contributed by atoms with Crippen LogP contribution < -0.4 is 9.44 Å². The highest BCUT2D eigenvalue weighted by Crippen LogP contribution is 2.09. The Labute approximate surface area is 107 Å². The molecule has 1 amide bonds. The Morgan fingerprint density at radius 1 is 1.33 bits per heavy atom. The minimum atomic E-state index is -4.21. The second kappa shape index (κ2) is 6.88. The van der Waals surface area contributed by atoms with Gasteiger partial charge < -0.3 is 14.9 Å². The summed E-state index contributed by atoms with van der Waals surface area (Å²) >= 11 is 0. The van der Waals surface area contributed by atoms with Crippen LogP contribution in [0.25, 0.3) is 0 Å². The van der Waals surface area contributed by atoms with E-state index in [0.29, 0.717) is 0 Å². The van der Waals surface area contributed by atoms with Crippen LogP contribution in [0.4, 0.5) is 4.79 Å². The van der Waals surface area contributed by atoms with Gasteiger partial charge in [0.2, 0.25) is 0 Å². The molecule has 18 heavy (non-hydrogen) atoms. The van der Waals surface area contributed by atoms with E-state index < -0.39 is 41.2 Å². The molecule has 9 heteroatoms. The molecule has 0 spiro atoms. The lowest BCUT2D eigenvalue weighted by atomic mass is 10.0. The maximum atomic E-state index is 11.6. The molecule has 0 aromatic rings. The second-order valence-electron chi connectivity index (χ2n) is 4.11. The minimum absolute atomic E-state index is 0.153. The number of aliphatic hydroxyl groups is 2. The molecule has 0 aromatic carbocycles. The van der Waals surface area contributed by atoms with Gasteiger partial charge in [0.05, 0.1) is 24.9 Å². The normalized spacial score (nSPS) is 12.6. The summed E-state index contributed by atoms with van der Waals surface area (Å²) < 4.78 is 31.4. The first-order valence-corrected chi connectivity index (χ1v) is 6.92. The van der Waals surface area contributed by atoms with E-state index in [1.807, 2.05) is 4.72 Å². The minimum Gasteiger partial charge on any atom is -0.446 e. The van der Waals surface area contributed by atoms with Crippen molar-refractivity contribution in [1.82, 2.24) is 9.44 Å². The van der Waals surface area contributed by atoms with Crippen LogP contribution in [-0.4, -0.2) is 49.6 Å². The fourth-order valence-corrected chi connectivity index (χ4v) is 2.23. The summed E-state index contributed by atoms with van der Waals surface area (Å²) in [6.45, 7) is 3.52. The third kappa shape index (κ3) is 5.63. The van der Waals surface area contributed by atoms with Crippen molar-refractivity contribution in [2.75, 3.05) is 13.2 Å². The first kappa shape index (κ1) is 17.1. The van der Waals surface area contributed by atoms with Crippen LogP contribution in [0.2, 0.25) is 0 Å². The predicted octanol–water partition coefficient (Wildman–Crippen LogP) is -0.911. The van der Waals surface area contributed by atoms with Gasteiger partial charge in [0.1, 0.15) is 0 Å². The molecule has 0 saturated heterocycles. The van der Waals surface area contributed by atoms with Crippen molar-refractivity contribution < 1.29 is 28.2 Å². The molecule has 0 aliphatic heterocycles. The van der Waals surface area contributed by atoms with Crippen molar-refractivity contribution in [3.8, 4) is 0 Å². The molecular weight excluding hydrogens is 264 g/mol. The Kier molecular flexibility index (Phi) is 6.54. The van der Waals surface area contributed by atoms with Gasteiger partial charge in [-0.25, -0.2) is 9.52 Å². The zero-order chi connectivity index (χ0) is 14.4. The van der Waals surface area contributed by atoms with Crippen LogP contribution in [0.3, 0.4) is 0 Å². The van der Waals surface area contributed by atoms with E-state index >= 15 is 0 Å². The van der Waals surface area contributed by atoms with Gasteiger partial charge in [-0.05, 0) is 20.3 Å². The van der Waals surface area contributed by atoms with E-state index in [1.165, 1.54) is 0 Å².